The van der Waals surface area contributed by atoms with E-state index in [0.29, 0.717) is 5.41 Å². The Morgan fingerprint density at radius 3 is 2.05 bits per heavy atom. The number of likely N-dealkylation sites (N-methyl/N-ethyl adjacent to an activating group) is 1. The average molecular weight is 302 g/mol. The predicted octanol–water partition coefficient (Wildman–Crippen LogP) is 3.42. The van der Waals surface area contributed by atoms with Crippen LogP contribution in [-0.2, 0) is 4.79 Å². The summed E-state index contributed by atoms with van der Waals surface area (Å²) in [6.45, 7) is 2.74. The number of carbonyl (C=O) groups is 1. The average Bonchev–Trinajstić information content (AvgIpc) is 2.33. The first-order valence-electron chi connectivity index (χ1n) is 7.90. The van der Waals surface area contributed by atoms with Crippen LogP contribution < -0.4 is 0 Å². The Labute approximate surface area is 128 Å². The SMILES string of the molecule is CC(C(=O)O)N(C)CCC12CC3CC(CC(C3)C1)C2.Cl. The number of rotatable bonds is 5. The molecule has 1 atom stereocenters. The summed E-state index contributed by atoms with van der Waals surface area (Å²) in [5.41, 5.74) is 0.571. The topological polar surface area (TPSA) is 40.5 Å². The van der Waals surface area contributed by atoms with Crippen LogP contribution in [0.2, 0.25) is 0 Å². The van der Waals surface area contributed by atoms with Gasteiger partial charge in [0.15, 0.2) is 0 Å². The van der Waals surface area contributed by atoms with Crippen molar-refractivity contribution in [2.75, 3.05) is 13.6 Å². The number of carboxylic acid groups (broad SMARTS) is 1. The Morgan fingerprint density at radius 2 is 1.65 bits per heavy atom. The van der Waals surface area contributed by atoms with Gasteiger partial charge in [-0.05, 0) is 88.6 Å². The first-order valence-corrected chi connectivity index (χ1v) is 7.90. The smallest absolute Gasteiger partial charge is 0.320 e. The zero-order valence-electron chi connectivity index (χ0n) is 12.7. The van der Waals surface area contributed by atoms with E-state index in [4.69, 9.17) is 5.11 Å². The van der Waals surface area contributed by atoms with Crippen LogP contribution in [-0.4, -0.2) is 35.6 Å². The maximum Gasteiger partial charge on any atom is 0.320 e. The molecule has 20 heavy (non-hydrogen) atoms. The van der Waals surface area contributed by atoms with Crippen molar-refractivity contribution in [3.63, 3.8) is 0 Å². The van der Waals surface area contributed by atoms with Crippen LogP contribution in [0.1, 0.15) is 51.9 Å². The second-order valence-corrected chi connectivity index (χ2v) is 7.66. The minimum absolute atomic E-state index is 0. The summed E-state index contributed by atoms with van der Waals surface area (Å²) in [6.07, 6.45) is 9.95. The van der Waals surface area contributed by atoms with E-state index in [-0.39, 0.29) is 18.4 Å². The molecule has 0 amide bonds. The van der Waals surface area contributed by atoms with E-state index in [2.05, 4.69) is 0 Å². The van der Waals surface area contributed by atoms with Gasteiger partial charge in [0.25, 0.3) is 0 Å². The second kappa shape index (κ2) is 5.84. The quantitative estimate of drug-likeness (QED) is 0.846. The van der Waals surface area contributed by atoms with Gasteiger partial charge in [-0.1, -0.05) is 0 Å². The molecular weight excluding hydrogens is 274 g/mol. The van der Waals surface area contributed by atoms with Crippen molar-refractivity contribution in [2.24, 2.45) is 23.2 Å². The van der Waals surface area contributed by atoms with E-state index in [1.807, 2.05) is 11.9 Å². The number of hydrogen-bond donors (Lipinski definition) is 1. The molecule has 4 fully saturated rings. The van der Waals surface area contributed by atoms with Crippen molar-refractivity contribution in [3.8, 4) is 0 Å². The van der Waals surface area contributed by atoms with E-state index in [9.17, 15) is 4.79 Å². The maximum absolute atomic E-state index is 11.0. The van der Waals surface area contributed by atoms with Gasteiger partial charge in [0.1, 0.15) is 6.04 Å². The molecule has 0 aromatic rings. The lowest BCUT2D eigenvalue weighted by molar-refractivity contribution is -0.142. The van der Waals surface area contributed by atoms with Gasteiger partial charge in [-0.25, -0.2) is 0 Å². The summed E-state index contributed by atoms with van der Waals surface area (Å²) in [5, 5.41) is 9.07. The van der Waals surface area contributed by atoms with Gasteiger partial charge in [0.2, 0.25) is 0 Å². The van der Waals surface area contributed by atoms with E-state index in [1.54, 1.807) is 6.92 Å². The highest BCUT2D eigenvalue weighted by atomic mass is 35.5. The molecule has 0 aromatic carbocycles. The van der Waals surface area contributed by atoms with Crippen LogP contribution in [0.3, 0.4) is 0 Å². The molecule has 116 valence electrons. The van der Waals surface area contributed by atoms with Gasteiger partial charge in [-0.3, -0.25) is 9.69 Å². The third-order valence-electron chi connectivity index (χ3n) is 6.18. The van der Waals surface area contributed by atoms with Crippen LogP contribution in [0.4, 0.5) is 0 Å². The Balaban J connectivity index is 0.00000147. The van der Waals surface area contributed by atoms with E-state index in [0.717, 1.165) is 24.3 Å². The highest BCUT2D eigenvalue weighted by molar-refractivity contribution is 5.85. The van der Waals surface area contributed by atoms with Crippen LogP contribution in [0.15, 0.2) is 0 Å². The van der Waals surface area contributed by atoms with Crippen molar-refractivity contribution >= 4 is 18.4 Å². The zero-order chi connectivity index (χ0) is 13.6. The van der Waals surface area contributed by atoms with E-state index >= 15 is 0 Å². The summed E-state index contributed by atoms with van der Waals surface area (Å²) >= 11 is 0. The standard InChI is InChI=1S/C16H27NO2.ClH/c1-11(15(18)19)17(2)4-3-16-8-12-5-13(9-16)7-14(6-12)10-16;/h11-14H,3-10H2,1-2H3,(H,18,19);1H. The maximum atomic E-state index is 11.0. The first-order chi connectivity index (χ1) is 8.97. The molecule has 0 heterocycles. The molecule has 0 spiro atoms. The Kier molecular flexibility index (Phi) is 4.70. The Bertz CT molecular complexity index is 336. The number of halogens is 1. The molecule has 3 nitrogen and oxygen atoms in total. The fourth-order valence-corrected chi connectivity index (χ4v) is 5.39. The Hall–Kier alpha value is -0.280. The molecule has 0 radical (unpaired) electrons. The largest absolute Gasteiger partial charge is 0.480 e. The van der Waals surface area contributed by atoms with Crippen LogP contribution in [0.5, 0.6) is 0 Å². The predicted molar refractivity (Wildman–Crippen MR) is 82.2 cm³/mol. The molecular formula is C16H28ClNO2. The molecule has 4 heteroatoms. The van der Waals surface area contributed by atoms with Crippen molar-refractivity contribution in [3.05, 3.63) is 0 Å². The molecule has 4 saturated carbocycles. The number of carboxylic acids is 1. The lowest BCUT2D eigenvalue weighted by atomic mass is 9.49. The zero-order valence-corrected chi connectivity index (χ0v) is 13.5. The molecule has 0 aliphatic heterocycles. The lowest BCUT2D eigenvalue weighted by Gasteiger charge is -2.57. The highest BCUT2D eigenvalue weighted by Crippen LogP contribution is 2.61. The summed E-state index contributed by atoms with van der Waals surface area (Å²) in [4.78, 5) is 13.0. The number of hydrogen-bond acceptors (Lipinski definition) is 2. The molecule has 1 unspecified atom stereocenters. The van der Waals surface area contributed by atoms with Crippen LogP contribution in [0.25, 0.3) is 0 Å². The molecule has 0 saturated heterocycles. The molecule has 4 aliphatic carbocycles. The molecule has 4 bridgehead atoms. The van der Waals surface area contributed by atoms with Gasteiger partial charge in [-0.15, -0.1) is 12.4 Å². The minimum atomic E-state index is -0.701. The van der Waals surface area contributed by atoms with Gasteiger partial charge in [0, 0.05) is 0 Å². The molecule has 4 aliphatic rings. The monoisotopic (exact) mass is 301 g/mol. The summed E-state index contributed by atoms with van der Waals surface area (Å²) in [7, 11) is 1.96. The van der Waals surface area contributed by atoms with E-state index < -0.39 is 5.97 Å². The minimum Gasteiger partial charge on any atom is -0.480 e. The fourth-order valence-electron chi connectivity index (χ4n) is 5.39. The number of nitrogens with zero attached hydrogens (tertiary/aromatic N) is 1. The second-order valence-electron chi connectivity index (χ2n) is 7.66. The fraction of sp³-hybridized carbons (Fsp3) is 0.938. The third-order valence-corrected chi connectivity index (χ3v) is 6.18. The van der Waals surface area contributed by atoms with Crippen molar-refractivity contribution in [1.29, 1.82) is 0 Å². The third kappa shape index (κ3) is 2.99. The summed E-state index contributed by atoms with van der Waals surface area (Å²) in [6, 6.07) is -0.353. The van der Waals surface area contributed by atoms with Gasteiger partial charge >= 0.3 is 5.97 Å². The van der Waals surface area contributed by atoms with Gasteiger partial charge in [0.05, 0.1) is 0 Å². The summed E-state index contributed by atoms with van der Waals surface area (Å²) < 4.78 is 0. The Morgan fingerprint density at radius 1 is 1.20 bits per heavy atom. The lowest BCUT2D eigenvalue weighted by Crippen LogP contribution is -2.48. The first kappa shape index (κ1) is 16.1. The molecule has 4 rings (SSSR count). The number of aliphatic carboxylic acids is 1. The van der Waals surface area contributed by atoms with Gasteiger partial charge in [-0.2, -0.15) is 0 Å². The normalized spacial score (nSPS) is 39.6. The van der Waals surface area contributed by atoms with Crippen LogP contribution >= 0.6 is 12.4 Å². The van der Waals surface area contributed by atoms with Crippen molar-refractivity contribution < 1.29 is 9.90 Å². The molecule has 1 N–H and O–H groups in total. The van der Waals surface area contributed by atoms with Crippen molar-refractivity contribution in [2.45, 2.75) is 57.9 Å². The van der Waals surface area contributed by atoms with E-state index in [1.165, 1.54) is 44.9 Å². The highest BCUT2D eigenvalue weighted by Gasteiger charge is 2.50. The van der Waals surface area contributed by atoms with Crippen molar-refractivity contribution in [1.82, 2.24) is 4.90 Å². The van der Waals surface area contributed by atoms with Gasteiger partial charge < -0.3 is 5.11 Å². The summed E-state index contributed by atoms with van der Waals surface area (Å²) in [5.74, 6) is 2.28. The van der Waals surface area contributed by atoms with Crippen LogP contribution in [0, 0.1) is 23.2 Å². The molecule has 0 aromatic heterocycles.